The number of morpholine rings is 1. The number of aromatic nitrogens is 5. The number of pyridine rings is 1. The second-order valence-corrected chi connectivity index (χ2v) is 9.75. The minimum Gasteiger partial charge on any atom is -0.378 e. The lowest BCUT2D eigenvalue weighted by atomic mass is 10.1. The van der Waals surface area contributed by atoms with Gasteiger partial charge in [-0.2, -0.15) is 9.97 Å². The Morgan fingerprint density at radius 2 is 1.86 bits per heavy atom. The zero-order valence-electron chi connectivity index (χ0n) is 20.2. The molecule has 2 saturated heterocycles. The molecule has 0 radical (unpaired) electrons. The summed E-state index contributed by atoms with van der Waals surface area (Å²) in [5.41, 5.74) is 4.64. The first-order valence-electron chi connectivity index (χ1n) is 12.9. The van der Waals surface area contributed by atoms with Crippen molar-refractivity contribution < 1.29 is 9.47 Å². The van der Waals surface area contributed by atoms with Crippen LogP contribution >= 0.6 is 0 Å². The molecular formula is C26H30N8O2. The largest absolute Gasteiger partial charge is 0.378 e. The normalized spacial score (nSPS) is 20.7. The van der Waals surface area contributed by atoms with Crippen LogP contribution in [-0.2, 0) is 9.47 Å². The van der Waals surface area contributed by atoms with E-state index in [4.69, 9.17) is 19.4 Å². The molecule has 10 nitrogen and oxygen atoms in total. The first-order chi connectivity index (χ1) is 17.8. The van der Waals surface area contributed by atoms with E-state index in [1.54, 1.807) is 0 Å². The molecule has 0 spiro atoms. The minimum atomic E-state index is -0.0388. The molecule has 3 aromatic heterocycles. The summed E-state index contributed by atoms with van der Waals surface area (Å²) in [5, 5.41) is 8.10. The van der Waals surface area contributed by atoms with E-state index in [1.807, 2.05) is 24.7 Å². The Labute approximate surface area is 209 Å². The maximum Gasteiger partial charge on any atom is 0.231 e. The predicted molar refractivity (Wildman–Crippen MR) is 139 cm³/mol. The third-order valence-corrected chi connectivity index (χ3v) is 7.13. The smallest absolute Gasteiger partial charge is 0.231 e. The number of rotatable bonds is 6. The van der Waals surface area contributed by atoms with E-state index < -0.39 is 0 Å². The van der Waals surface area contributed by atoms with Gasteiger partial charge in [0.1, 0.15) is 6.23 Å². The number of anilines is 4. The monoisotopic (exact) mass is 486 g/mol. The van der Waals surface area contributed by atoms with Crippen LogP contribution in [0.2, 0.25) is 0 Å². The average Bonchev–Trinajstić information content (AvgIpc) is 3.64. The first kappa shape index (κ1) is 21.8. The molecule has 1 unspecified atom stereocenters. The first-order valence-corrected chi connectivity index (χ1v) is 12.9. The van der Waals surface area contributed by atoms with Gasteiger partial charge in [0, 0.05) is 48.7 Å². The Kier molecular flexibility index (Phi) is 5.55. The average molecular weight is 487 g/mol. The van der Waals surface area contributed by atoms with E-state index in [0.29, 0.717) is 12.0 Å². The van der Waals surface area contributed by atoms with Gasteiger partial charge in [-0.1, -0.05) is 0 Å². The van der Waals surface area contributed by atoms with Gasteiger partial charge in [0.2, 0.25) is 5.95 Å². The second-order valence-electron chi connectivity index (χ2n) is 9.75. The Hall–Kier alpha value is -3.50. The summed E-state index contributed by atoms with van der Waals surface area (Å²) in [6.45, 7) is 4.00. The zero-order valence-corrected chi connectivity index (χ0v) is 20.2. The molecule has 5 heterocycles. The molecule has 1 atom stereocenters. The standard InChI is InChI=1S/C26H30N8O2/c1-2-12-36-22(3-1)34-16-28-23-24(29-17-4-5-17)31-26(32-25(23)34)30-18-6-7-20-19(15-18)21(8-9-27-20)33-10-13-35-14-11-33/h6-9,15-17,22H,1-5,10-14H2,(H2,29,30,31,32). The molecule has 4 aromatic rings. The van der Waals surface area contributed by atoms with Gasteiger partial charge >= 0.3 is 0 Å². The van der Waals surface area contributed by atoms with Gasteiger partial charge in [-0.25, -0.2) is 4.98 Å². The lowest BCUT2D eigenvalue weighted by molar-refractivity contribution is -0.0298. The van der Waals surface area contributed by atoms with Gasteiger partial charge in [0.05, 0.1) is 25.1 Å². The van der Waals surface area contributed by atoms with E-state index >= 15 is 0 Å². The Morgan fingerprint density at radius 1 is 0.944 bits per heavy atom. The highest BCUT2D eigenvalue weighted by molar-refractivity contribution is 5.94. The fourth-order valence-corrected chi connectivity index (χ4v) is 5.07. The van der Waals surface area contributed by atoms with Crippen LogP contribution in [0.4, 0.5) is 23.1 Å². The van der Waals surface area contributed by atoms with Crippen molar-refractivity contribution in [3.8, 4) is 0 Å². The number of fused-ring (bicyclic) bond motifs is 2. The molecule has 2 N–H and O–H groups in total. The van der Waals surface area contributed by atoms with Crippen molar-refractivity contribution in [3.05, 3.63) is 36.8 Å². The van der Waals surface area contributed by atoms with Gasteiger partial charge in [0.25, 0.3) is 0 Å². The molecule has 3 aliphatic rings. The van der Waals surface area contributed by atoms with Crippen LogP contribution in [0.15, 0.2) is 36.8 Å². The highest BCUT2D eigenvalue weighted by atomic mass is 16.5. The van der Waals surface area contributed by atoms with Crippen molar-refractivity contribution in [1.82, 2.24) is 24.5 Å². The molecule has 2 aliphatic heterocycles. The van der Waals surface area contributed by atoms with E-state index in [1.165, 1.54) is 5.69 Å². The fourth-order valence-electron chi connectivity index (χ4n) is 5.07. The summed E-state index contributed by atoms with van der Waals surface area (Å²) in [6.07, 6.45) is 9.20. The third-order valence-electron chi connectivity index (χ3n) is 7.13. The molecule has 1 aliphatic carbocycles. The molecule has 186 valence electrons. The van der Waals surface area contributed by atoms with Crippen molar-refractivity contribution in [2.45, 2.75) is 44.4 Å². The molecule has 7 rings (SSSR count). The third kappa shape index (κ3) is 4.20. The van der Waals surface area contributed by atoms with Crippen LogP contribution in [0.5, 0.6) is 0 Å². The van der Waals surface area contributed by atoms with Crippen LogP contribution in [-0.4, -0.2) is 63.5 Å². The van der Waals surface area contributed by atoms with Crippen LogP contribution in [0.3, 0.4) is 0 Å². The fraction of sp³-hybridized carbons (Fsp3) is 0.462. The van der Waals surface area contributed by atoms with Gasteiger partial charge in [-0.3, -0.25) is 9.55 Å². The van der Waals surface area contributed by atoms with E-state index in [0.717, 1.165) is 98.6 Å². The second kappa shape index (κ2) is 9.18. The summed E-state index contributed by atoms with van der Waals surface area (Å²) in [5.74, 6) is 1.32. The Balaban J connectivity index is 1.26. The summed E-state index contributed by atoms with van der Waals surface area (Å²) >= 11 is 0. The number of nitrogens with one attached hydrogen (secondary N) is 2. The molecule has 10 heteroatoms. The number of hydrogen-bond acceptors (Lipinski definition) is 9. The molecule has 0 bridgehead atoms. The maximum absolute atomic E-state index is 6.04. The molecular weight excluding hydrogens is 456 g/mol. The van der Waals surface area contributed by atoms with Crippen molar-refractivity contribution in [1.29, 1.82) is 0 Å². The van der Waals surface area contributed by atoms with E-state index in [9.17, 15) is 0 Å². The molecule has 36 heavy (non-hydrogen) atoms. The minimum absolute atomic E-state index is 0.0388. The number of benzene rings is 1. The summed E-state index contributed by atoms with van der Waals surface area (Å²) in [7, 11) is 0. The van der Waals surface area contributed by atoms with Crippen LogP contribution in [0.1, 0.15) is 38.3 Å². The lowest BCUT2D eigenvalue weighted by Crippen LogP contribution is -2.36. The molecule has 1 aromatic carbocycles. The Bertz CT molecular complexity index is 1390. The number of imidazole rings is 1. The highest BCUT2D eigenvalue weighted by Gasteiger charge is 2.26. The SMILES string of the molecule is c1cc(N2CCOCC2)c2cc(Nc3nc(NC4CC4)c4ncn(C5CCCCO5)c4n3)ccc2n1. The maximum atomic E-state index is 6.04. The number of ether oxygens (including phenoxy) is 2. The molecule has 0 amide bonds. The van der Waals surface area contributed by atoms with Gasteiger partial charge in [0.15, 0.2) is 17.0 Å². The van der Waals surface area contributed by atoms with Crippen LogP contribution in [0, 0.1) is 0 Å². The lowest BCUT2D eigenvalue weighted by Gasteiger charge is -2.29. The van der Waals surface area contributed by atoms with E-state index in [-0.39, 0.29) is 6.23 Å². The topological polar surface area (TPSA) is 102 Å². The highest BCUT2D eigenvalue weighted by Crippen LogP contribution is 2.33. The van der Waals surface area contributed by atoms with Crippen molar-refractivity contribution >= 4 is 45.2 Å². The summed E-state index contributed by atoms with van der Waals surface area (Å²) in [4.78, 5) is 21.4. The molecule has 3 fully saturated rings. The Morgan fingerprint density at radius 3 is 2.69 bits per heavy atom. The van der Waals surface area contributed by atoms with Gasteiger partial charge in [-0.15, -0.1) is 0 Å². The number of hydrogen-bond donors (Lipinski definition) is 2. The quantitative estimate of drug-likeness (QED) is 0.414. The van der Waals surface area contributed by atoms with Gasteiger partial charge < -0.3 is 25.0 Å². The van der Waals surface area contributed by atoms with Crippen molar-refractivity contribution in [2.24, 2.45) is 0 Å². The van der Waals surface area contributed by atoms with Gasteiger partial charge in [-0.05, 0) is 56.4 Å². The van der Waals surface area contributed by atoms with Crippen LogP contribution in [0.25, 0.3) is 22.1 Å². The predicted octanol–water partition coefficient (Wildman–Crippen LogP) is 4.23. The summed E-state index contributed by atoms with van der Waals surface area (Å²) < 4.78 is 13.7. The van der Waals surface area contributed by atoms with Crippen molar-refractivity contribution in [3.63, 3.8) is 0 Å². The number of nitrogens with zero attached hydrogens (tertiary/aromatic N) is 6. The van der Waals surface area contributed by atoms with E-state index in [2.05, 4.69) is 42.2 Å². The zero-order chi connectivity index (χ0) is 23.9. The van der Waals surface area contributed by atoms with Crippen molar-refractivity contribution in [2.75, 3.05) is 48.4 Å². The summed E-state index contributed by atoms with van der Waals surface area (Å²) in [6, 6.07) is 8.75. The molecule has 1 saturated carbocycles. The van der Waals surface area contributed by atoms with Crippen LogP contribution < -0.4 is 15.5 Å².